The van der Waals surface area contributed by atoms with Crippen molar-refractivity contribution in [1.29, 1.82) is 0 Å². The third-order valence-electron chi connectivity index (χ3n) is 1.73. The summed E-state index contributed by atoms with van der Waals surface area (Å²) in [5.41, 5.74) is 0. The summed E-state index contributed by atoms with van der Waals surface area (Å²) in [6, 6.07) is 0. The number of hydrogen-bond donors (Lipinski definition) is 2. The number of quaternary nitrogens is 1. The molecule has 0 saturated carbocycles. The monoisotopic (exact) mass is 224 g/mol. The fraction of sp³-hybridized carbons (Fsp3) is 1.00. The molecule has 0 radical (unpaired) electrons. The van der Waals surface area contributed by atoms with Crippen molar-refractivity contribution in [2.75, 3.05) is 20.0 Å². The van der Waals surface area contributed by atoms with Gasteiger partial charge in [-0.25, -0.2) is 20.2 Å². The molecule has 86 valence electrons. The van der Waals surface area contributed by atoms with Gasteiger partial charge < -0.3 is 5.21 Å². The Bertz CT molecular complexity index is 248. The van der Waals surface area contributed by atoms with E-state index in [0.717, 1.165) is 0 Å². The Morgan fingerprint density at radius 2 is 1.47 bits per heavy atom. The van der Waals surface area contributed by atoms with Crippen LogP contribution in [0.4, 0.5) is 0 Å². The molecule has 0 bridgehead atoms. The quantitative estimate of drug-likeness (QED) is 0.375. The van der Waals surface area contributed by atoms with Crippen LogP contribution in [-0.4, -0.2) is 50.3 Å². The summed E-state index contributed by atoms with van der Waals surface area (Å²) in [7, 11) is 0. The van der Waals surface area contributed by atoms with E-state index in [1.165, 1.54) is 0 Å². The highest BCUT2D eigenvalue weighted by Crippen LogP contribution is 2.03. The van der Waals surface area contributed by atoms with Crippen molar-refractivity contribution in [2.24, 2.45) is 0 Å². The van der Waals surface area contributed by atoms with E-state index in [1.807, 2.05) is 0 Å². The van der Waals surface area contributed by atoms with Gasteiger partial charge in [-0.05, 0) is 0 Å². The predicted octanol–water partition coefficient (Wildman–Crippen LogP) is -3.15. The molecule has 1 fully saturated rings. The maximum atomic E-state index is 10.5. The first-order valence-electron chi connectivity index (χ1n) is 3.68. The molecule has 1 unspecified atom stereocenters. The first kappa shape index (κ1) is 11.3. The fourth-order valence-corrected chi connectivity index (χ4v) is 1.04. The lowest BCUT2D eigenvalue weighted by atomic mass is 10.7. The molecule has 0 aromatic heterocycles. The third-order valence-corrected chi connectivity index (χ3v) is 1.73. The number of nitro groups is 2. The number of rotatable bonds is 3. The minimum atomic E-state index is -1.45. The van der Waals surface area contributed by atoms with Gasteiger partial charge in [0.05, 0.1) is 0 Å². The Morgan fingerprint density at radius 3 is 1.73 bits per heavy atom. The molecule has 0 spiro atoms. The molecule has 1 atom stereocenters. The van der Waals surface area contributed by atoms with Crippen molar-refractivity contribution in [3.63, 3.8) is 0 Å². The molecule has 15 heavy (non-hydrogen) atoms. The van der Waals surface area contributed by atoms with E-state index < -0.39 is 35.4 Å². The van der Waals surface area contributed by atoms with Gasteiger partial charge >= 0.3 is 0 Å². The maximum Gasteiger partial charge on any atom is 0.211 e. The van der Waals surface area contributed by atoms with Gasteiger partial charge in [0, 0.05) is 0 Å². The summed E-state index contributed by atoms with van der Waals surface area (Å²) in [6.45, 7) is -1.54. The van der Waals surface area contributed by atoms with Crippen LogP contribution in [0.25, 0.3) is 0 Å². The molecule has 12 heteroatoms. The molecule has 2 N–H and O–H groups in total. The van der Waals surface area contributed by atoms with Crippen LogP contribution in [0, 0.1) is 25.4 Å². The fourth-order valence-electron chi connectivity index (χ4n) is 1.04. The van der Waals surface area contributed by atoms with E-state index in [2.05, 4.69) is 0 Å². The summed E-state index contributed by atoms with van der Waals surface area (Å²) < 4.78 is 0. The molecule has 1 rings (SSSR count). The molecule has 1 saturated heterocycles. The minimum Gasteiger partial charge on any atom is -0.579 e. The second kappa shape index (κ2) is 4.18. The van der Waals surface area contributed by atoms with Crippen LogP contribution in [0.15, 0.2) is 0 Å². The number of nitrogens with zero attached hydrogens (tertiary/aromatic N) is 5. The molecule has 0 aliphatic carbocycles. The SMILES string of the molecule is O=[N+]([O-])N1CN([N+](=O)[O-])CN([NH+]([O-])O)C1. The normalized spacial score (nSPS) is 20.1. The zero-order valence-electron chi connectivity index (χ0n) is 7.35. The van der Waals surface area contributed by atoms with Crippen LogP contribution in [-0.2, 0) is 0 Å². The van der Waals surface area contributed by atoms with Crippen molar-refractivity contribution in [3.8, 4) is 0 Å². The standard InChI is InChI=1S/C3H8N6O6/c10-7(11)4-1-5(8(12)13)3-6(2-4)9(14)15/h7,10H,1-3H2. The van der Waals surface area contributed by atoms with E-state index in [9.17, 15) is 25.4 Å². The Balaban J connectivity index is 2.72. The Kier molecular flexibility index (Phi) is 3.15. The highest BCUT2D eigenvalue weighted by molar-refractivity contribution is 4.49. The second-order valence-corrected chi connectivity index (χ2v) is 2.74. The van der Waals surface area contributed by atoms with Crippen molar-refractivity contribution in [3.05, 3.63) is 25.4 Å². The molecule has 12 nitrogen and oxygen atoms in total. The molecule has 1 aliphatic heterocycles. The van der Waals surface area contributed by atoms with Crippen LogP contribution in [0.1, 0.15) is 0 Å². The van der Waals surface area contributed by atoms with Gasteiger partial charge in [0.1, 0.15) is 0 Å². The van der Waals surface area contributed by atoms with Gasteiger partial charge in [0.25, 0.3) is 0 Å². The molecule has 0 aromatic carbocycles. The molecular weight excluding hydrogens is 216 g/mol. The van der Waals surface area contributed by atoms with Crippen molar-refractivity contribution in [2.45, 2.75) is 0 Å². The number of hydrogen-bond acceptors (Lipinski definition) is 7. The zero-order valence-corrected chi connectivity index (χ0v) is 7.35. The Labute approximate surface area is 82.2 Å². The Hall–Kier alpha value is -1.76. The van der Waals surface area contributed by atoms with Gasteiger partial charge in [0.15, 0.2) is 23.4 Å². The lowest BCUT2D eigenvalue weighted by Crippen LogP contribution is -3.13. The topological polar surface area (TPSA) is 144 Å². The molecular formula is C3H8N6O6. The molecule has 1 heterocycles. The van der Waals surface area contributed by atoms with Crippen molar-refractivity contribution in [1.82, 2.24) is 15.0 Å². The third kappa shape index (κ3) is 2.59. The van der Waals surface area contributed by atoms with Gasteiger partial charge in [-0.2, -0.15) is 5.21 Å². The van der Waals surface area contributed by atoms with E-state index in [0.29, 0.717) is 15.0 Å². The van der Waals surface area contributed by atoms with E-state index >= 15 is 0 Å². The summed E-state index contributed by atoms with van der Waals surface area (Å²) in [4.78, 5) is 20.7. The summed E-state index contributed by atoms with van der Waals surface area (Å²) in [5, 5.41) is 38.0. The first-order valence-corrected chi connectivity index (χ1v) is 3.68. The largest absolute Gasteiger partial charge is 0.579 e. The van der Waals surface area contributed by atoms with Gasteiger partial charge in [-0.15, -0.1) is 5.34 Å². The highest BCUT2D eigenvalue weighted by Gasteiger charge is 2.37. The maximum absolute atomic E-state index is 10.5. The first-order chi connectivity index (χ1) is 6.91. The zero-order chi connectivity index (χ0) is 11.6. The van der Waals surface area contributed by atoms with Gasteiger partial charge in [0.2, 0.25) is 6.67 Å². The average molecular weight is 224 g/mol. The minimum absolute atomic E-state index is 0.431. The van der Waals surface area contributed by atoms with Crippen LogP contribution in [0.3, 0.4) is 0 Å². The van der Waals surface area contributed by atoms with E-state index in [-0.39, 0.29) is 0 Å². The highest BCUT2D eigenvalue weighted by atomic mass is 16.8. The predicted molar refractivity (Wildman–Crippen MR) is 40.2 cm³/mol. The second-order valence-electron chi connectivity index (χ2n) is 2.74. The van der Waals surface area contributed by atoms with E-state index in [4.69, 9.17) is 5.21 Å². The summed E-state index contributed by atoms with van der Waals surface area (Å²) >= 11 is 0. The van der Waals surface area contributed by atoms with Crippen LogP contribution in [0.5, 0.6) is 0 Å². The summed E-state index contributed by atoms with van der Waals surface area (Å²) in [5.74, 6) is 0. The lowest BCUT2D eigenvalue weighted by Gasteiger charge is -2.34. The van der Waals surface area contributed by atoms with Gasteiger partial charge in [-0.3, -0.25) is 0 Å². The number of nitrogens with one attached hydrogen (secondary N) is 1. The van der Waals surface area contributed by atoms with Crippen molar-refractivity contribution < 1.29 is 20.6 Å². The molecule has 0 aromatic rings. The summed E-state index contributed by atoms with van der Waals surface area (Å²) in [6.07, 6.45) is 0. The lowest BCUT2D eigenvalue weighted by molar-refractivity contribution is -1.15. The van der Waals surface area contributed by atoms with Crippen LogP contribution in [0.2, 0.25) is 0 Å². The van der Waals surface area contributed by atoms with Crippen LogP contribution >= 0.6 is 0 Å². The molecule has 1 aliphatic rings. The van der Waals surface area contributed by atoms with Crippen molar-refractivity contribution >= 4 is 0 Å². The Morgan fingerprint density at radius 1 is 1.07 bits per heavy atom. The molecule has 0 amide bonds. The number of hydrazine groups is 2. The van der Waals surface area contributed by atoms with E-state index in [1.54, 1.807) is 0 Å². The smallest absolute Gasteiger partial charge is 0.211 e. The van der Waals surface area contributed by atoms with Crippen LogP contribution < -0.4 is 5.34 Å². The average Bonchev–Trinajstić information content (AvgIpc) is 2.16. The van der Waals surface area contributed by atoms with Gasteiger partial charge in [-0.1, -0.05) is 15.0 Å².